The highest BCUT2D eigenvalue weighted by Crippen LogP contribution is 2.33. The molecule has 0 aliphatic carbocycles. The van der Waals surface area contributed by atoms with Crippen LogP contribution in [0.25, 0.3) is 10.8 Å². The normalized spacial score (nSPS) is 12.6. The van der Waals surface area contributed by atoms with Gasteiger partial charge in [0.15, 0.2) is 0 Å². The SMILES string of the molecule is CC[C@H](C(=O)O)c1cc2ccccc2cc1NS(=O)(=O)c1ccc(O)cc1. The molecule has 3 aromatic carbocycles. The van der Waals surface area contributed by atoms with E-state index in [2.05, 4.69) is 4.72 Å². The summed E-state index contributed by atoms with van der Waals surface area (Å²) >= 11 is 0. The lowest BCUT2D eigenvalue weighted by atomic mass is 9.92. The van der Waals surface area contributed by atoms with Crippen LogP contribution >= 0.6 is 0 Å². The van der Waals surface area contributed by atoms with Crippen LogP contribution in [0, 0.1) is 0 Å². The molecule has 1 atom stereocenters. The Labute approximate surface area is 157 Å². The molecule has 0 unspecified atom stereocenters. The van der Waals surface area contributed by atoms with Crippen molar-refractivity contribution >= 4 is 32.5 Å². The van der Waals surface area contributed by atoms with Gasteiger partial charge in [-0.05, 0) is 59.2 Å². The lowest BCUT2D eigenvalue weighted by Crippen LogP contribution is -2.18. The average Bonchev–Trinajstić information content (AvgIpc) is 2.62. The van der Waals surface area contributed by atoms with Gasteiger partial charge in [-0.2, -0.15) is 0 Å². The standard InChI is InChI=1S/C20H19NO5S/c1-2-17(20(23)24)18-11-13-5-3-4-6-14(13)12-19(18)21-27(25,26)16-9-7-15(22)8-10-16/h3-12,17,21-22H,2H2,1H3,(H,23,24)/t17-/m0/s1. The molecular formula is C20H19NO5S. The topological polar surface area (TPSA) is 104 Å². The third kappa shape index (κ3) is 3.88. The van der Waals surface area contributed by atoms with Crippen molar-refractivity contribution in [2.24, 2.45) is 0 Å². The van der Waals surface area contributed by atoms with Crippen LogP contribution in [0.5, 0.6) is 5.75 Å². The van der Waals surface area contributed by atoms with Gasteiger partial charge in [-0.25, -0.2) is 8.42 Å². The van der Waals surface area contributed by atoms with E-state index in [4.69, 9.17) is 0 Å². The highest BCUT2D eigenvalue weighted by molar-refractivity contribution is 7.92. The van der Waals surface area contributed by atoms with E-state index in [0.717, 1.165) is 10.8 Å². The number of phenols is 1. The van der Waals surface area contributed by atoms with Crippen molar-refractivity contribution in [3.05, 3.63) is 66.2 Å². The lowest BCUT2D eigenvalue weighted by Gasteiger charge is -2.18. The van der Waals surface area contributed by atoms with Gasteiger partial charge in [0.25, 0.3) is 10.0 Å². The van der Waals surface area contributed by atoms with Gasteiger partial charge in [0.1, 0.15) is 5.75 Å². The molecule has 0 saturated carbocycles. The van der Waals surface area contributed by atoms with Gasteiger partial charge in [-0.1, -0.05) is 31.2 Å². The monoisotopic (exact) mass is 385 g/mol. The molecule has 3 N–H and O–H groups in total. The summed E-state index contributed by atoms with van der Waals surface area (Å²) in [6.07, 6.45) is 0.321. The van der Waals surface area contributed by atoms with Crippen molar-refractivity contribution in [3.8, 4) is 5.75 Å². The van der Waals surface area contributed by atoms with E-state index >= 15 is 0 Å². The van der Waals surface area contributed by atoms with Crippen molar-refractivity contribution in [2.75, 3.05) is 4.72 Å². The molecule has 3 aromatic rings. The van der Waals surface area contributed by atoms with E-state index in [1.165, 1.54) is 24.3 Å². The quantitative estimate of drug-likeness (QED) is 0.597. The first-order valence-electron chi connectivity index (χ1n) is 8.39. The molecule has 27 heavy (non-hydrogen) atoms. The van der Waals surface area contributed by atoms with Crippen molar-refractivity contribution < 1.29 is 23.4 Å². The first-order valence-corrected chi connectivity index (χ1v) is 9.87. The van der Waals surface area contributed by atoms with Crippen LogP contribution in [0.1, 0.15) is 24.8 Å². The molecule has 6 nitrogen and oxygen atoms in total. The second-order valence-corrected chi connectivity index (χ2v) is 7.87. The van der Waals surface area contributed by atoms with Gasteiger partial charge in [0.2, 0.25) is 0 Å². The summed E-state index contributed by atoms with van der Waals surface area (Å²) in [4.78, 5) is 11.7. The molecule has 0 fully saturated rings. The maximum absolute atomic E-state index is 12.7. The van der Waals surface area contributed by atoms with E-state index in [0.29, 0.717) is 12.0 Å². The minimum absolute atomic E-state index is 0.0252. The highest BCUT2D eigenvalue weighted by Gasteiger charge is 2.24. The van der Waals surface area contributed by atoms with E-state index in [1.807, 2.05) is 24.3 Å². The second kappa shape index (κ2) is 7.28. The summed E-state index contributed by atoms with van der Waals surface area (Å²) in [6, 6.07) is 15.8. The Morgan fingerprint density at radius 2 is 1.63 bits per heavy atom. The molecule has 0 radical (unpaired) electrons. The Hall–Kier alpha value is -3.06. The van der Waals surface area contributed by atoms with Crippen molar-refractivity contribution in [1.29, 1.82) is 0 Å². The summed E-state index contributed by atoms with van der Waals surface area (Å²) < 4.78 is 28.0. The first kappa shape index (κ1) is 18.7. The minimum atomic E-state index is -3.94. The minimum Gasteiger partial charge on any atom is -0.508 e. The molecule has 0 aromatic heterocycles. The fourth-order valence-electron chi connectivity index (χ4n) is 2.99. The first-order chi connectivity index (χ1) is 12.8. The zero-order valence-electron chi connectivity index (χ0n) is 14.6. The van der Waals surface area contributed by atoms with E-state index in [1.54, 1.807) is 19.1 Å². The molecule has 0 bridgehead atoms. The zero-order valence-corrected chi connectivity index (χ0v) is 15.4. The number of aromatic hydroxyl groups is 1. The van der Waals surface area contributed by atoms with Crippen LogP contribution in [0.2, 0.25) is 0 Å². The Kier molecular flexibility index (Phi) is 5.05. The largest absolute Gasteiger partial charge is 0.508 e. The van der Waals surface area contributed by atoms with Gasteiger partial charge in [-0.15, -0.1) is 0 Å². The van der Waals surface area contributed by atoms with E-state index < -0.39 is 21.9 Å². The number of carboxylic acid groups (broad SMARTS) is 1. The summed E-state index contributed by atoms with van der Waals surface area (Å²) in [5.41, 5.74) is 0.641. The van der Waals surface area contributed by atoms with Crippen LogP contribution < -0.4 is 4.72 Å². The Balaban J connectivity index is 2.13. The Morgan fingerprint density at radius 3 is 2.19 bits per heavy atom. The Bertz CT molecular complexity index is 1090. The summed E-state index contributed by atoms with van der Waals surface area (Å²) in [5.74, 6) is -1.90. The Morgan fingerprint density at radius 1 is 1.04 bits per heavy atom. The van der Waals surface area contributed by atoms with Crippen LogP contribution in [-0.2, 0) is 14.8 Å². The maximum atomic E-state index is 12.7. The molecule has 0 saturated heterocycles. The average molecular weight is 385 g/mol. The lowest BCUT2D eigenvalue weighted by molar-refractivity contribution is -0.138. The number of benzene rings is 3. The molecule has 0 aliphatic rings. The molecular weight excluding hydrogens is 366 g/mol. The third-order valence-corrected chi connectivity index (χ3v) is 5.77. The molecule has 0 amide bonds. The summed E-state index contributed by atoms with van der Waals surface area (Å²) in [5, 5.41) is 20.6. The third-order valence-electron chi connectivity index (χ3n) is 4.39. The number of nitrogens with one attached hydrogen (secondary N) is 1. The molecule has 7 heteroatoms. The molecule has 140 valence electrons. The zero-order chi connectivity index (χ0) is 19.6. The number of fused-ring (bicyclic) bond motifs is 1. The van der Waals surface area contributed by atoms with Gasteiger partial charge in [0.05, 0.1) is 16.5 Å². The summed E-state index contributed by atoms with van der Waals surface area (Å²) in [7, 11) is -3.94. The smallest absolute Gasteiger partial charge is 0.311 e. The van der Waals surface area contributed by atoms with E-state index in [9.17, 15) is 23.4 Å². The number of anilines is 1. The number of phenolic OH excluding ortho intramolecular Hbond substituents is 1. The van der Waals surface area contributed by atoms with Crippen molar-refractivity contribution in [3.63, 3.8) is 0 Å². The molecule has 0 spiro atoms. The molecule has 0 aliphatic heterocycles. The number of carbonyl (C=O) groups is 1. The number of hydrogen-bond donors (Lipinski definition) is 3. The van der Waals surface area contributed by atoms with E-state index in [-0.39, 0.29) is 16.3 Å². The van der Waals surface area contributed by atoms with Gasteiger partial charge in [-0.3, -0.25) is 9.52 Å². The number of hydrogen-bond acceptors (Lipinski definition) is 4. The number of aliphatic carboxylic acids is 1. The summed E-state index contributed by atoms with van der Waals surface area (Å²) in [6.45, 7) is 1.74. The second-order valence-electron chi connectivity index (χ2n) is 6.19. The van der Waals surface area contributed by atoms with Gasteiger partial charge in [0, 0.05) is 0 Å². The van der Waals surface area contributed by atoms with Crippen LogP contribution in [0.3, 0.4) is 0 Å². The number of rotatable bonds is 6. The van der Waals surface area contributed by atoms with Crippen molar-refractivity contribution in [2.45, 2.75) is 24.2 Å². The fraction of sp³-hybridized carbons (Fsp3) is 0.150. The molecule has 3 rings (SSSR count). The fourth-order valence-corrected chi connectivity index (χ4v) is 4.07. The number of carboxylic acids is 1. The van der Waals surface area contributed by atoms with Crippen LogP contribution in [0.15, 0.2) is 65.6 Å². The van der Waals surface area contributed by atoms with Gasteiger partial charge < -0.3 is 10.2 Å². The maximum Gasteiger partial charge on any atom is 0.311 e. The van der Waals surface area contributed by atoms with Crippen LogP contribution in [0.4, 0.5) is 5.69 Å². The number of sulfonamides is 1. The van der Waals surface area contributed by atoms with Crippen LogP contribution in [-0.4, -0.2) is 24.6 Å². The molecule has 0 heterocycles. The van der Waals surface area contributed by atoms with Crippen molar-refractivity contribution in [1.82, 2.24) is 0 Å². The highest BCUT2D eigenvalue weighted by atomic mass is 32.2. The predicted octanol–water partition coefficient (Wildman–Crippen LogP) is 3.92. The predicted molar refractivity (Wildman–Crippen MR) is 104 cm³/mol. The van der Waals surface area contributed by atoms with Gasteiger partial charge >= 0.3 is 5.97 Å².